The standard InChI is InChI=1S/C18H21FN2O3/c1-12(2)24-16-9-4-13(10-20-16)17(22)21-11-18(3,23)14-5-7-15(19)8-6-14/h4-10,12,23H,11H2,1-3H3,(H,21,22). The molecule has 0 aliphatic heterocycles. The van der Waals surface area contributed by atoms with E-state index in [2.05, 4.69) is 10.3 Å². The second-order valence-electron chi connectivity index (χ2n) is 6.02. The van der Waals surface area contributed by atoms with E-state index < -0.39 is 5.60 Å². The molecule has 0 radical (unpaired) electrons. The number of aromatic nitrogens is 1. The fourth-order valence-electron chi connectivity index (χ4n) is 2.09. The molecule has 1 aromatic heterocycles. The van der Waals surface area contributed by atoms with Gasteiger partial charge in [-0.2, -0.15) is 0 Å². The molecule has 0 bridgehead atoms. The number of aliphatic hydroxyl groups is 1. The normalized spacial score (nSPS) is 13.4. The van der Waals surface area contributed by atoms with Gasteiger partial charge in [-0.3, -0.25) is 4.79 Å². The van der Waals surface area contributed by atoms with Crippen molar-refractivity contribution >= 4 is 5.91 Å². The Bertz CT molecular complexity index is 682. The molecule has 0 fully saturated rings. The number of hydrogen-bond acceptors (Lipinski definition) is 4. The molecule has 0 aliphatic rings. The zero-order chi connectivity index (χ0) is 17.7. The summed E-state index contributed by atoms with van der Waals surface area (Å²) in [5, 5.41) is 13.1. The fourth-order valence-corrected chi connectivity index (χ4v) is 2.09. The molecular formula is C18H21FN2O3. The van der Waals surface area contributed by atoms with Gasteiger partial charge in [0, 0.05) is 12.3 Å². The number of rotatable bonds is 6. The summed E-state index contributed by atoms with van der Waals surface area (Å²) in [6.45, 7) is 5.32. The topological polar surface area (TPSA) is 71.5 Å². The first-order valence-electron chi connectivity index (χ1n) is 7.67. The Labute approximate surface area is 140 Å². The Morgan fingerprint density at radius 1 is 1.29 bits per heavy atom. The molecule has 2 aromatic rings. The SMILES string of the molecule is CC(C)Oc1ccc(C(=O)NCC(C)(O)c2ccc(F)cc2)cn1. The predicted octanol–water partition coefficient (Wildman–Crippen LogP) is 2.65. The summed E-state index contributed by atoms with van der Waals surface area (Å²) in [6, 6.07) is 8.73. The van der Waals surface area contributed by atoms with E-state index in [4.69, 9.17) is 4.74 Å². The minimum Gasteiger partial charge on any atom is -0.475 e. The van der Waals surface area contributed by atoms with Crippen LogP contribution in [0.3, 0.4) is 0 Å². The molecule has 1 unspecified atom stereocenters. The van der Waals surface area contributed by atoms with Gasteiger partial charge in [-0.25, -0.2) is 9.37 Å². The minimum absolute atomic E-state index is 0.00276. The van der Waals surface area contributed by atoms with Gasteiger partial charge in [-0.15, -0.1) is 0 Å². The maximum atomic E-state index is 13.0. The molecule has 1 amide bonds. The summed E-state index contributed by atoms with van der Waals surface area (Å²) in [5.74, 6) is -0.297. The molecule has 0 aliphatic carbocycles. The number of carbonyl (C=O) groups is 1. The first kappa shape index (κ1) is 17.9. The lowest BCUT2D eigenvalue weighted by molar-refractivity contribution is 0.0525. The molecule has 0 spiro atoms. The number of carbonyl (C=O) groups excluding carboxylic acids is 1. The van der Waals surface area contributed by atoms with Crippen LogP contribution in [0.4, 0.5) is 4.39 Å². The van der Waals surface area contributed by atoms with Gasteiger partial charge in [0.05, 0.1) is 18.2 Å². The lowest BCUT2D eigenvalue weighted by Gasteiger charge is -2.24. The van der Waals surface area contributed by atoms with E-state index in [1.165, 1.54) is 30.5 Å². The highest BCUT2D eigenvalue weighted by molar-refractivity contribution is 5.93. The summed E-state index contributed by atoms with van der Waals surface area (Å²) in [4.78, 5) is 16.2. The van der Waals surface area contributed by atoms with Gasteiger partial charge >= 0.3 is 0 Å². The molecule has 0 saturated heterocycles. The first-order chi connectivity index (χ1) is 11.3. The summed E-state index contributed by atoms with van der Waals surface area (Å²) >= 11 is 0. The van der Waals surface area contributed by atoms with Crippen LogP contribution >= 0.6 is 0 Å². The second-order valence-corrected chi connectivity index (χ2v) is 6.02. The van der Waals surface area contributed by atoms with Gasteiger partial charge in [0.2, 0.25) is 5.88 Å². The third-order valence-electron chi connectivity index (χ3n) is 3.41. The largest absolute Gasteiger partial charge is 0.475 e. The van der Waals surface area contributed by atoms with Crippen LogP contribution in [0.5, 0.6) is 5.88 Å². The van der Waals surface area contributed by atoms with Crippen molar-refractivity contribution in [2.45, 2.75) is 32.5 Å². The third-order valence-corrected chi connectivity index (χ3v) is 3.41. The van der Waals surface area contributed by atoms with Crippen LogP contribution in [0.25, 0.3) is 0 Å². The zero-order valence-corrected chi connectivity index (χ0v) is 13.9. The Morgan fingerprint density at radius 2 is 1.96 bits per heavy atom. The van der Waals surface area contributed by atoms with Crippen molar-refractivity contribution < 1.29 is 19.0 Å². The Morgan fingerprint density at radius 3 is 2.50 bits per heavy atom. The number of benzene rings is 1. The molecule has 0 saturated carbocycles. The molecular weight excluding hydrogens is 311 g/mol. The number of halogens is 1. The van der Waals surface area contributed by atoms with Gasteiger partial charge in [0.25, 0.3) is 5.91 Å². The van der Waals surface area contributed by atoms with Crippen molar-refractivity contribution in [2.75, 3.05) is 6.54 Å². The summed E-state index contributed by atoms with van der Waals surface area (Å²) in [6.07, 6.45) is 1.42. The molecule has 128 valence electrons. The number of hydrogen-bond donors (Lipinski definition) is 2. The minimum atomic E-state index is -1.31. The van der Waals surface area contributed by atoms with Gasteiger partial charge in [-0.1, -0.05) is 12.1 Å². The van der Waals surface area contributed by atoms with E-state index in [1.807, 2.05) is 13.8 Å². The van der Waals surface area contributed by atoms with Crippen LogP contribution in [-0.2, 0) is 5.60 Å². The van der Waals surface area contributed by atoms with Crippen LogP contribution in [-0.4, -0.2) is 28.6 Å². The molecule has 1 aromatic carbocycles. The molecule has 5 nitrogen and oxygen atoms in total. The van der Waals surface area contributed by atoms with E-state index in [0.717, 1.165) is 0 Å². The maximum Gasteiger partial charge on any atom is 0.252 e. The van der Waals surface area contributed by atoms with Gasteiger partial charge < -0.3 is 15.2 Å². The quantitative estimate of drug-likeness (QED) is 0.853. The van der Waals surface area contributed by atoms with E-state index in [9.17, 15) is 14.3 Å². The number of nitrogens with one attached hydrogen (secondary N) is 1. The van der Waals surface area contributed by atoms with Crippen molar-refractivity contribution in [3.63, 3.8) is 0 Å². The van der Waals surface area contributed by atoms with E-state index >= 15 is 0 Å². The molecule has 1 heterocycles. The highest BCUT2D eigenvalue weighted by Gasteiger charge is 2.24. The van der Waals surface area contributed by atoms with Crippen LogP contribution < -0.4 is 10.1 Å². The van der Waals surface area contributed by atoms with Gasteiger partial charge in [0.15, 0.2) is 0 Å². The van der Waals surface area contributed by atoms with Crippen molar-refractivity contribution in [1.29, 1.82) is 0 Å². The van der Waals surface area contributed by atoms with Crippen molar-refractivity contribution in [2.24, 2.45) is 0 Å². The average Bonchev–Trinajstić information content (AvgIpc) is 2.53. The number of ether oxygens (including phenoxy) is 1. The Balaban J connectivity index is 1.97. The monoisotopic (exact) mass is 332 g/mol. The first-order valence-corrected chi connectivity index (χ1v) is 7.67. The highest BCUT2D eigenvalue weighted by atomic mass is 19.1. The molecule has 24 heavy (non-hydrogen) atoms. The molecule has 2 rings (SSSR count). The average molecular weight is 332 g/mol. The van der Waals surface area contributed by atoms with Crippen LogP contribution in [0.15, 0.2) is 42.6 Å². The lowest BCUT2D eigenvalue weighted by Crippen LogP contribution is -2.38. The third kappa shape index (κ3) is 4.76. The van der Waals surface area contributed by atoms with Crippen LogP contribution in [0.1, 0.15) is 36.7 Å². The van der Waals surface area contributed by atoms with Crippen molar-refractivity contribution in [3.05, 3.63) is 59.5 Å². The Kier molecular flexibility index (Phi) is 5.51. The smallest absolute Gasteiger partial charge is 0.252 e. The van der Waals surface area contributed by atoms with Gasteiger partial charge in [0.1, 0.15) is 11.4 Å². The number of nitrogens with zero attached hydrogens (tertiary/aromatic N) is 1. The lowest BCUT2D eigenvalue weighted by atomic mass is 9.96. The molecule has 6 heteroatoms. The van der Waals surface area contributed by atoms with E-state index in [0.29, 0.717) is 17.0 Å². The second kappa shape index (κ2) is 7.40. The van der Waals surface area contributed by atoms with E-state index in [-0.39, 0.29) is 24.4 Å². The maximum absolute atomic E-state index is 13.0. The highest BCUT2D eigenvalue weighted by Crippen LogP contribution is 2.20. The van der Waals surface area contributed by atoms with Crippen molar-refractivity contribution in [1.82, 2.24) is 10.3 Å². The van der Waals surface area contributed by atoms with Crippen molar-refractivity contribution in [3.8, 4) is 5.88 Å². The molecule has 2 N–H and O–H groups in total. The van der Waals surface area contributed by atoms with Crippen LogP contribution in [0, 0.1) is 5.82 Å². The fraction of sp³-hybridized carbons (Fsp3) is 0.333. The number of pyridine rings is 1. The number of amides is 1. The van der Waals surface area contributed by atoms with E-state index in [1.54, 1.807) is 19.1 Å². The summed E-state index contributed by atoms with van der Waals surface area (Å²) in [7, 11) is 0. The van der Waals surface area contributed by atoms with Gasteiger partial charge in [-0.05, 0) is 44.5 Å². The Hall–Kier alpha value is -2.47. The van der Waals surface area contributed by atoms with Crippen LogP contribution in [0.2, 0.25) is 0 Å². The predicted molar refractivity (Wildman–Crippen MR) is 88.3 cm³/mol. The molecule has 1 atom stereocenters. The zero-order valence-electron chi connectivity index (χ0n) is 13.9. The summed E-state index contributed by atoms with van der Waals surface area (Å²) < 4.78 is 18.4. The summed E-state index contributed by atoms with van der Waals surface area (Å²) in [5.41, 5.74) is -0.429.